The van der Waals surface area contributed by atoms with E-state index in [-0.39, 0.29) is 11.9 Å². The standard InChI is InChI=1S/C16H26N4O4/c1-10(23-9-12-4-5-12)16(22)20-6-13(14(21)7-20)19(3)8-15-18-17-11(2)24-15/h10,12-14,21H,4-9H2,1-3H3/t10-,13-,14-/m1/s1. The van der Waals surface area contributed by atoms with Crippen LogP contribution in [0.2, 0.25) is 0 Å². The highest BCUT2D eigenvalue weighted by atomic mass is 16.5. The molecule has 8 nitrogen and oxygen atoms in total. The third-order valence-corrected chi connectivity index (χ3v) is 4.72. The van der Waals surface area contributed by atoms with Crippen LogP contribution in [0.15, 0.2) is 4.42 Å². The smallest absolute Gasteiger partial charge is 0.251 e. The Hall–Kier alpha value is -1.51. The zero-order chi connectivity index (χ0) is 17.3. The Bertz CT molecular complexity index is 574. The second-order valence-electron chi connectivity index (χ2n) is 6.93. The van der Waals surface area contributed by atoms with Crippen LogP contribution < -0.4 is 0 Å². The van der Waals surface area contributed by atoms with Crippen LogP contribution in [0, 0.1) is 12.8 Å². The van der Waals surface area contributed by atoms with Crippen molar-refractivity contribution in [3.8, 4) is 0 Å². The fourth-order valence-corrected chi connectivity index (χ4v) is 3.01. The summed E-state index contributed by atoms with van der Waals surface area (Å²) < 4.78 is 11.0. The Morgan fingerprint density at radius 1 is 1.46 bits per heavy atom. The number of ether oxygens (including phenoxy) is 1. The first-order valence-electron chi connectivity index (χ1n) is 8.51. The molecule has 2 aliphatic rings. The van der Waals surface area contributed by atoms with Crippen LogP contribution in [-0.4, -0.2) is 76.0 Å². The van der Waals surface area contributed by atoms with E-state index in [1.165, 1.54) is 12.8 Å². The zero-order valence-electron chi connectivity index (χ0n) is 14.5. The number of aliphatic hydroxyl groups is 1. The normalized spacial score (nSPS) is 25.5. The molecule has 0 radical (unpaired) electrons. The van der Waals surface area contributed by atoms with E-state index in [0.29, 0.717) is 43.9 Å². The number of amides is 1. The molecular formula is C16H26N4O4. The van der Waals surface area contributed by atoms with Gasteiger partial charge in [0.1, 0.15) is 6.10 Å². The van der Waals surface area contributed by atoms with E-state index in [2.05, 4.69) is 10.2 Å². The molecule has 1 aromatic rings. The van der Waals surface area contributed by atoms with Crippen molar-refractivity contribution in [2.45, 2.75) is 51.5 Å². The van der Waals surface area contributed by atoms with E-state index >= 15 is 0 Å². The quantitative estimate of drug-likeness (QED) is 0.759. The predicted molar refractivity (Wildman–Crippen MR) is 85.0 cm³/mol. The Kier molecular flexibility index (Phi) is 5.17. The number of nitrogens with zero attached hydrogens (tertiary/aromatic N) is 4. The first kappa shape index (κ1) is 17.3. The summed E-state index contributed by atoms with van der Waals surface area (Å²) in [5.74, 6) is 1.59. The molecule has 1 aromatic heterocycles. The topological polar surface area (TPSA) is 91.9 Å². The summed E-state index contributed by atoms with van der Waals surface area (Å²) in [5.41, 5.74) is 0. The Morgan fingerprint density at radius 2 is 2.21 bits per heavy atom. The molecule has 1 aliphatic heterocycles. The van der Waals surface area contributed by atoms with Crippen molar-refractivity contribution in [2.24, 2.45) is 5.92 Å². The molecule has 1 N–H and O–H groups in total. The van der Waals surface area contributed by atoms with Crippen LogP contribution in [0.5, 0.6) is 0 Å². The van der Waals surface area contributed by atoms with Gasteiger partial charge in [0, 0.05) is 20.0 Å². The summed E-state index contributed by atoms with van der Waals surface area (Å²) in [7, 11) is 1.88. The predicted octanol–water partition coefficient (Wildman–Crippen LogP) is 0.197. The van der Waals surface area contributed by atoms with Crippen LogP contribution in [0.4, 0.5) is 0 Å². The molecule has 1 amide bonds. The Balaban J connectivity index is 1.51. The summed E-state index contributed by atoms with van der Waals surface area (Å²) in [6.07, 6.45) is 1.34. The maximum Gasteiger partial charge on any atom is 0.251 e. The summed E-state index contributed by atoms with van der Waals surface area (Å²) >= 11 is 0. The first-order chi connectivity index (χ1) is 11.4. The molecule has 24 heavy (non-hydrogen) atoms. The monoisotopic (exact) mass is 338 g/mol. The third kappa shape index (κ3) is 4.12. The van der Waals surface area contributed by atoms with Gasteiger partial charge in [-0.1, -0.05) is 0 Å². The van der Waals surface area contributed by atoms with E-state index < -0.39 is 12.2 Å². The SMILES string of the molecule is Cc1nnc(CN(C)[C@@H]2CN(C(=O)[C@@H](C)OCC3CC3)C[C@H]2O)o1. The number of carbonyl (C=O) groups is 1. The average molecular weight is 338 g/mol. The van der Waals surface area contributed by atoms with Gasteiger partial charge in [0.25, 0.3) is 5.91 Å². The highest BCUT2D eigenvalue weighted by Crippen LogP contribution is 2.29. The zero-order valence-corrected chi connectivity index (χ0v) is 14.5. The molecule has 3 rings (SSSR count). The number of likely N-dealkylation sites (tertiary alicyclic amines) is 1. The van der Waals surface area contributed by atoms with Crippen LogP contribution in [0.3, 0.4) is 0 Å². The molecule has 3 atom stereocenters. The molecule has 0 bridgehead atoms. The highest BCUT2D eigenvalue weighted by Gasteiger charge is 2.38. The Labute approximate surface area is 141 Å². The molecule has 8 heteroatoms. The van der Waals surface area contributed by atoms with Gasteiger partial charge >= 0.3 is 0 Å². The van der Waals surface area contributed by atoms with Crippen LogP contribution >= 0.6 is 0 Å². The first-order valence-corrected chi connectivity index (χ1v) is 8.51. The van der Waals surface area contributed by atoms with E-state index in [0.717, 1.165) is 0 Å². The highest BCUT2D eigenvalue weighted by molar-refractivity contribution is 5.81. The van der Waals surface area contributed by atoms with Crippen molar-refractivity contribution in [3.05, 3.63) is 11.8 Å². The molecule has 0 spiro atoms. The summed E-state index contributed by atoms with van der Waals surface area (Å²) in [5, 5.41) is 18.1. The van der Waals surface area contributed by atoms with Crippen molar-refractivity contribution >= 4 is 5.91 Å². The van der Waals surface area contributed by atoms with Crippen LogP contribution in [0.25, 0.3) is 0 Å². The van der Waals surface area contributed by atoms with Gasteiger partial charge in [-0.15, -0.1) is 10.2 Å². The summed E-state index contributed by atoms with van der Waals surface area (Å²) in [4.78, 5) is 16.1. The lowest BCUT2D eigenvalue weighted by atomic mass is 10.2. The number of hydrogen-bond donors (Lipinski definition) is 1. The molecule has 0 aromatic carbocycles. The van der Waals surface area contributed by atoms with E-state index in [9.17, 15) is 9.90 Å². The van der Waals surface area contributed by atoms with Gasteiger partial charge in [-0.2, -0.15) is 0 Å². The lowest BCUT2D eigenvalue weighted by Crippen LogP contribution is -2.41. The van der Waals surface area contributed by atoms with Crippen molar-refractivity contribution in [1.29, 1.82) is 0 Å². The van der Waals surface area contributed by atoms with Gasteiger partial charge < -0.3 is 19.2 Å². The molecule has 1 saturated heterocycles. The fraction of sp³-hybridized carbons (Fsp3) is 0.812. The maximum absolute atomic E-state index is 12.5. The molecule has 1 saturated carbocycles. The van der Waals surface area contributed by atoms with Gasteiger partial charge in [-0.25, -0.2) is 0 Å². The third-order valence-electron chi connectivity index (χ3n) is 4.72. The second kappa shape index (κ2) is 7.16. The van der Waals surface area contributed by atoms with Gasteiger partial charge in [-0.05, 0) is 32.7 Å². The molecule has 2 heterocycles. The minimum Gasteiger partial charge on any atom is -0.424 e. The van der Waals surface area contributed by atoms with E-state index in [4.69, 9.17) is 9.15 Å². The molecule has 0 unspecified atom stereocenters. The number of aryl methyl sites for hydroxylation is 1. The largest absolute Gasteiger partial charge is 0.424 e. The molecular weight excluding hydrogens is 312 g/mol. The van der Waals surface area contributed by atoms with Gasteiger partial charge in [0.15, 0.2) is 0 Å². The number of β-amino-alcohol motifs (C(OH)–C–C–N with tert-alkyl or cyclic N) is 1. The molecule has 134 valence electrons. The number of aliphatic hydroxyl groups excluding tert-OH is 1. The maximum atomic E-state index is 12.5. The van der Waals surface area contributed by atoms with Gasteiger partial charge in [0.05, 0.1) is 25.3 Å². The molecule has 2 fully saturated rings. The second-order valence-corrected chi connectivity index (χ2v) is 6.93. The van der Waals surface area contributed by atoms with Crippen LogP contribution in [0.1, 0.15) is 31.5 Å². The minimum atomic E-state index is -0.599. The number of carbonyl (C=O) groups excluding carboxylic acids is 1. The van der Waals surface area contributed by atoms with E-state index in [1.54, 1.807) is 18.7 Å². The minimum absolute atomic E-state index is 0.0563. The average Bonchev–Trinajstić information content (AvgIpc) is 3.17. The Morgan fingerprint density at radius 3 is 2.83 bits per heavy atom. The van der Waals surface area contributed by atoms with Crippen molar-refractivity contribution < 1.29 is 19.1 Å². The number of likely N-dealkylation sites (N-methyl/N-ethyl adjacent to an activating group) is 1. The number of hydrogen-bond acceptors (Lipinski definition) is 7. The van der Waals surface area contributed by atoms with E-state index in [1.807, 2.05) is 11.9 Å². The van der Waals surface area contributed by atoms with Crippen molar-refractivity contribution in [2.75, 3.05) is 26.7 Å². The summed E-state index contributed by atoms with van der Waals surface area (Å²) in [6.45, 7) is 5.43. The lowest BCUT2D eigenvalue weighted by molar-refractivity contribution is -0.142. The van der Waals surface area contributed by atoms with Crippen LogP contribution in [-0.2, 0) is 16.1 Å². The number of aromatic nitrogens is 2. The fourth-order valence-electron chi connectivity index (χ4n) is 3.01. The summed E-state index contributed by atoms with van der Waals surface area (Å²) in [6, 6.07) is -0.156. The lowest BCUT2D eigenvalue weighted by Gasteiger charge is -2.25. The van der Waals surface area contributed by atoms with Crippen molar-refractivity contribution in [1.82, 2.24) is 20.0 Å². The van der Waals surface area contributed by atoms with Gasteiger partial charge in [0.2, 0.25) is 11.8 Å². The van der Waals surface area contributed by atoms with Crippen molar-refractivity contribution in [3.63, 3.8) is 0 Å². The molecule has 1 aliphatic carbocycles. The van der Waals surface area contributed by atoms with Gasteiger partial charge in [-0.3, -0.25) is 9.69 Å². The number of rotatable bonds is 7.